The number of amides is 1. The fourth-order valence-electron chi connectivity index (χ4n) is 6.58. The maximum absolute atomic E-state index is 15.0. The molecule has 1 saturated heterocycles. The largest absolute Gasteiger partial charge is 0.368 e. The summed E-state index contributed by atoms with van der Waals surface area (Å²) in [6.45, 7) is 1.58. The van der Waals surface area contributed by atoms with Crippen LogP contribution in [0.2, 0.25) is 0 Å². The summed E-state index contributed by atoms with van der Waals surface area (Å²) >= 11 is 0. The Balaban J connectivity index is 0.939. The Kier molecular flexibility index (Phi) is 8.33. The Hall–Kier alpha value is -6.97. The second kappa shape index (κ2) is 13.3. The first-order valence-corrected chi connectivity index (χ1v) is 16.6. The number of rotatable bonds is 7. The van der Waals surface area contributed by atoms with E-state index in [1.165, 1.54) is 39.7 Å². The molecule has 266 valence electrons. The molecule has 1 aliphatic rings. The van der Waals surface area contributed by atoms with E-state index >= 15 is 4.39 Å². The van der Waals surface area contributed by atoms with Gasteiger partial charge in [0.2, 0.25) is 0 Å². The van der Waals surface area contributed by atoms with Crippen molar-refractivity contribution in [3.63, 3.8) is 0 Å². The monoisotopic (exact) mass is 716 g/mol. The van der Waals surface area contributed by atoms with Crippen LogP contribution in [0.3, 0.4) is 0 Å². The van der Waals surface area contributed by atoms with Gasteiger partial charge in [0, 0.05) is 50.8 Å². The minimum absolute atomic E-state index is 0.0893. The maximum atomic E-state index is 15.0. The van der Waals surface area contributed by atoms with Crippen LogP contribution in [0.25, 0.3) is 27.9 Å². The molecule has 14 nitrogen and oxygen atoms in total. The molecule has 5 heterocycles. The quantitative estimate of drug-likeness (QED) is 0.252. The third-order valence-electron chi connectivity index (χ3n) is 9.27. The molecule has 0 atom stereocenters. The van der Waals surface area contributed by atoms with Crippen LogP contribution in [0, 0.1) is 11.6 Å². The molecule has 0 aliphatic carbocycles. The van der Waals surface area contributed by atoms with Crippen molar-refractivity contribution >= 4 is 45.2 Å². The van der Waals surface area contributed by atoms with Gasteiger partial charge in [0.05, 0.1) is 29.2 Å². The number of nitrogens with one attached hydrogen (secondary N) is 2. The van der Waals surface area contributed by atoms with Gasteiger partial charge >= 0.3 is 5.69 Å². The van der Waals surface area contributed by atoms with Crippen LogP contribution in [0.5, 0.6) is 0 Å². The Morgan fingerprint density at radius 1 is 0.887 bits per heavy atom. The van der Waals surface area contributed by atoms with Crippen molar-refractivity contribution in [2.75, 3.05) is 36.4 Å². The fraction of sp³-hybridized carbons (Fsp3) is 0.162. The molecule has 16 heteroatoms. The summed E-state index contributed by atoms with van der Waals surface area (Å²) in [5, 5.41) is 2.98. The van der Waals surface area contributed by atoms with Crippen LogP contribution < -0.4 is 27.0 Å². The molecule has 7 aromatic rings. The predicted molar refractivity (Wildman–Crippen MR) is 194 cm³/mol. The number of hydrogen-bond acceptors (Lipinski definition) is 9. The minimum Gasteiger partial charge on any atom is -0.368 e. The topological polar surface area (TPSA) is 156 Å². The summed E-state index contributed by atoms with van der Waals surface area (Å²) in [7, 11) is 1.63. The average Bonchev–Trinajstić information content (AvgIpc) is 3.42. The summed E-state index contributed by atoms with van der Waals surface area (Å²) in [6.07, 6.45) is 3.14. The van der Waals surface area contributed by atoms with Crippen molar-refractivity contribution in [3.8, 4) is 5.82 Å². The lowest BCUT2D eigenvalue weighted by Crippen LogP contribution is -2.49. The second-order valence-electron chi connectivity index (χ2n) is 12.5. The van der Waals surface area contributed by atoms with E-state index in [2.05, 4.69) is 30.2 Å². The number of carbonyl (C=O) groups excluding carboxylic acids is 1. The van der Waals surface area contributed by atoms with E-state index in [9.17, 15) is 23.6 Å². The number of piperazine rings is 1. The number of nitrogens with zero attached hydrogens (tertiary/aromatic N) is 8. The van der Waals surface area contributed by atoms with Crippen LogP contribution in [0.15, 0.2) is 106 Å². The SMILES string of the molecule is Cn1c(=O)c2ncc(Nc3ccc(N4CCN(C(=O)c5cc(Cn6c(=O)[nH]c(=O)c7c(F)cccc76)ccc5F)CC4)cc3)nc2n1-c1ccccn1. The summed E-state index contributed by atoms with van der Waals surface area (Å²) in [6, 6.07) is 21.0. The Morgan fingerprint density at radius 3 is 2.43 bits per heavy atom. The van der Waals surface area contributed by atoms with E-state index < -0.39 is 28.8 Å². The normalized spacial score (nSPS) is 13.2. The molecule has 0 saturated carbocycles. The number of aromatic nitrogens is 7. The third kappa shape index (κ3) is 6.09. The van der Waals surface area contributed by atoms with E-state index in [1.54, 1.807) is 35.0 Å². The van der Waals surface area contributed by atoms with Crippen LogP contribution in [-0.4, -0.2) is 70.9 Å². The molecule has 0 radical (unpaired) electrons. The minimum atomic E-state index is -0.840. The highest BCUT2D eigenvalue weighted by molar-refractivity contribution is 5.95. The summed E-state index contributed by atoms with van der Waals surface area (Å²) in [5.74, 6) is -0.988. The Morgan fingerprint density at radius 2 is 1.68 bits per heavy atom. The number of carbonyl (C=O) groups is 1. The zero-order valence-corrected chi connectivity index (χ0v) is 28.2. The van der Waals surface area contributed by atoms with Gasteiger partial charge in [-0.1, -0.05) is 18.2 Å². The molecule has 1 aliphatic heterocycles. The van der Waals surface area contributed by atoms with Crippen LogP contribution in [-0.2, 0) is 13.6 Å². The van der Waals surface area contributed by atoms with Crippen molar-refractivity contribution in [2.45, 2.75) is 6.54 Å². The zero-order chi connectivity index (χ0) is 36.8. The highest BCUT2D eigenvalue weighted by Gasteiger charge is 2.25. The molecular formula is C37H30F2N10O4. The molecule has 3 aromatic carbocycles. The first kappa shape index (κ1) is 33.2. The fourth-order valence-corrected chi connectivity index (χ4v) is 6.58. The van der Waals surface area contributed by atoms with Gasteiger partial charge in [-0.05, 0) is 66.2 Å². The van der Waals surface area contributed by atoms with Crippen LogP contribution >= 0.6 is 0 Å². The van der Waals surface area contributed by atoms with Gasteiger partial charge in [0.25, 0.3) is 17.0 Å². The molecule has 4 aromatic heterocycles. The van der Waals surface area contributed by atoms with Gasteiger partial charge in [0.15, 0.2) is 22.8 Å². The van der Waals surface area contributed by atoms with Crippen molar-refractivity contribution in [3.05, 3.63) is 145 Å². The van der Waals surface area contributed by atoms with E-state index in [-0.39, 0.29) is 34.1 Å². The molecule has 1 fully saturated rings. The highest BCUT2D eigenvalue weighted by Crippen LogP contribution is 2.24. The average molecular weight is 717 g/mol. The standard InChI is InChI=1S/C37H30F2N10O4/c1-45-36(52)32-33(49(45)30-7-2-3-14-40-30)43-29(20-41-32)42-23-9-11-24(12-10-23)46-15-17-47(18-16-46)35(51)25-19-22(8-13-26(25)38)21-48-28-6-4-5-27(39)31(28)34(50)44-37(48)53/h2-14,19-20H,15-18,21H2,1H3,(H,42,43)(H,44,50,53). The number of aromatic amines is 1. The summed E-state index contributed by atoms with van der Waals surface area (Å²) in [4.78, 5) is 70.4. The van der Waals surface area contributed by atoms with Crippen LogP contribution in [0.1, 0.15) is 15.9 Å². The summed E-state index contributed by atoms with van der Waals surface area (Å²) < 4.78 is 33.6. The number of benzene rings is 3. The van der Waals surface area contributed by atoms with Gasteiger partial charge < -0.3 is 15.1 Å². The van der Waals surface area contributed by atoms with Gasteiger partial charge in [0.1, 0.15) is 11.6 Å². The van der Waals surface area contributed by atoms with Gasteiger partial charge in [-0.15, -0.1) is 0 Å². The Bertz CT molecular complexity index is 2720. The molecule has 2 N–H and O–H groups in total. The molecule has 53 heavy (non-hydrogen) atoms. The first-order chi connectivity index (χ1) is 25.7. The lowest BCUT2D eigenvalue weighted by molar-refractivity contribution is 0.0742. The van der Waals surface area contributed by atoms with Crippen molar-refractivity contribution in [1.82, 2.24) is 38.8 Å². The van der Waals surface area contributed by atoms with Crippen LogP contribution in [0.4, 0.5) is 26.0 Å². The highest BCUT2D eigenvalue weighted by atomic mass is 19.1. The van der Waals surface area contributed by atoms with E-state index in [4.69, 9.17) is 0 Å². The smallest absolute Gasteiger partial charge is 0.329 e. The zero-order valence-electron chi connectivity index (χ0n) is 28.2. The van der Waals surface area contributed by atoms with Crippen molar-refractivity contribution < 1.29 is 13.6 Å². The molecule has 0 spiro atoms. The van der Waals surface area contributed by atoms with E-state index in [1.807, 2.05) is 30.3 Å². The number of halogens is 2. The number of fused-ring (bicyclic) bond motifs is 2. The lowest BCUT2D eigenvalue weighted by Gasteiger charge is -2.36. The van der Waals surface area contributed by atoms with Gasteiger partial charge in [-0.25, -0.2) is 37.9 Å². The summed E-state index contributed by atoms with van der Waals surface area (Å²) in [5.41, 5.74) is 0.763. The molecular weight excluding hydrogens is 686 g/mol. The maximum Gasteiger partial charge on any atom is 0.329 e. The van der Waals surface area contributed by atoms with Gasteiger partial charge in [-0.3, -0.25) is 23.9 Å². The molecule has 8 rings (SSSR count). The lowest BCUT2D eigenvalue weighted by atomic mass is 10.1. The third-order valence-corrected chi connectivity index (χ3v) is 9.27. The van der Waals surface area contributed by atoms with Crippen molar-refractivity contribution in [2.24, 2.45) is 7.05 Å². The second-order valence-corrected chi connectivity index (χ2v) is 12.5. The number of H-pyrrole nitrogens is 1. The van der Waals surface area contributed by atoms with E-state index in [0.717, 1.165) is 23.5 Å². The van der Waals surface area contributed by atoms with Crippen molar-refractivity contribution in [1.29, 1.82) is 0 Å². The molecule has 1 amide bonds. The number of pyridine rings is 1. The van der Waals surface area contributed by atoms with E-state index in [0.29, 0.717) is 49.0 Å². The molecule has 0 bridgehead atoms. The Labute approximate surface area is 298 Å². The number of anilines is 3. The first-order valence-electron chi connectivity index (χ1n) is 16.6. The molecule has 0 unspecified atom stereocenters. The predicted octanol–water partition coefficient (Wildman–Crippen LogP) is 3.55. The number of hydrogen-bond donors (Lipinski definition) is 2. The van der Waals surface area contributed by atoms with Gasteiger partial charge in [-0.2, -0.15) is 0 Å².